The maximum atomic E-state index is 12.9. The predicted molar refractivity (Wildman–Crippen MR) is 106 cm³/mol. The fourth-order valence-corrected chi connectivity index (χ4v) is 2.99. The largest absolute Gasteiger partial charge is 0.446 e. The third kappa shape index (κ3) is 5.79. The lowest BCUT2D eigenvalue weighted by molar-refractivity contribution is -0.162. The molecule has 0 saturated carbocycles. The van der Waals surface area contributed by atoms with Gasteiger partial charge >= 0.3 is 5.97 Å². The van der Waals surface area contributed by atoms with Gasteiger partial charge < -0.3 is 19.7 Å². The summed E-state index contributed by atoms with van der Waals surface area (Å²) in [4.78, 5) is 39.0. The van der Waals surface area contributed by atoms with Crippen LogP contribution in [0.1, 0.15) is 22.0 Å². The lowest BCUT2D eigenvalue weighted by Gasteiger charge is -2.30. The highest BCUT2D eigenvalue weighted by Crippen LogP contribution is 2.21. The second kappa shape index (κ2) is 10.0. The van der Waals surface area contributed by atoms with Gasteiger partial charge in [-0.15, -0.1) is 0 Å². The van der Waals surface area contributed by atoms with Crippen molar-refractivity contribution < 1.29 is 23.9 Å². The van der Waals surface area contributed by atoms with Gasteiger partial charge in [0.25, 0.3) is 11.8 Å². The molecular weight excluding hydrogens is 396 g/mol. The van der Waals surface area contributed by atoms with Crippen molar-refractivity contribution in [1.29, 1.82) is 0 Å². The van der Waals surface area contributed by atoms with Crippen molar-refractivity contribution >= 4 is 29.4 Å². The lowest BCUT2D eigenvalue weighted by Crippen LogP contribution is -2.44. The van der Waals surface area contributed by atoms with Crippen LogP contribution in [0.3, 0.4) is 0 Å². The Balaban J connectivity index is 1.63. The highest BCUT2D eigenvalue weighted by molar-refractivity contribution is 6.30. The van der Waals surface area contributed by atoms with Crippen LogP contribution in [-0.4, -0.2) is 55.5 Å². The van der Waals surface area contributed by atoms with Crippen LogP contribution in [0.2, 0.25) is 5.02 Å². The molecule has 7 nitrogen and oxygen atoms in total. The van der Waals surface area contributed by atoms with E-state index >= 15 is 0 Å². The van der Waals surface area contributed by atoms with E-state index in [0.717, 1.165) is 0 Å². The molecule has 0 unspecified atom stereocenters. The van der Waals surface area contributed by atoms with Gasteiger partial charge in [-0.25, -0.2) is 0 Å². The van der Waals surface area contributed by atoms with Crippen LogP contribution in [0.5, 0.6) is 0 Å². The first-order valence-electron chi connectivity index (χ1n) is 9.19. The molecule has 1 atom stereocenters. The van der Waals surface area contributed by atoms with Gasteiger partial charge in [-0.05, 0) is 24.3 Å². The number of hydrogen-bond acceptors (Lipinski definition) is 5. The van der Waals surface area contributed by atoms with Crippen molar-refractivity contribution in [3.05, 3.63) is 70.7 Å². The molecule has 1 aliphatic heterocycles. The number of nitrogens with zero attached hydrogens (tertiary/aromatic N) is 1. The van der Waals surface area contributed by atoms with Crippen LogP contribution >= 0.6 is 11.6 Å². The van der Waals surface area contributed by atoms with Gasteiger partial charge in [-0.3, -0.25) is 14.4 Å². The molecule has 1 N–H and O–H groups in total. The summed E-state index contributed by atoms with van der Waals surface area (Å²) in [5.74, 6) is -1.45. The number of nitrogens with one attached hydrogen (secondary N) is 1. The molecule has 1 fully saturated rings. The molecule has 1 saturated heterocycles. The summed E-state index contributed by atoms with van der Waals surface area (Å²) in [6.45, 7) is 1.40. The Kier molecular flexibility index (Phi) is 7.21. The zero-order valence-electron chi connectivity index (χ0n) is 15.7. The SMILES string of the molecule is O=C(CNC(=O)c1ccc(Cl)cc1)O[C@H](C(=O)N1CCOCC1)c1ccccc1. The number of halogens is 1. The Morgan fingerprint density at radius 3 is 2.34 bits per heavy atom. The highest BCUT2D eigenvalue weighted by atomic mass is 35.5. The second-order valence-electron chi connectivity index (χ2n) is 6.41. The quantitative estimate of drug-likeness (QED) is 0.730. The monoisotopic (exact) mass is 416 g/mol. The molecule has 0 bridgehead atoms. The molecule has 29 heavy (non-hydrogen) atoms. The fraction of sp³-hybridized carbons (Fsp3) is 0.286. The maximum Gasteiger partial charge on any atom is 0.326 e. The first kappa shape index (κ1) is 20.8. The van der Waals surface area contributed by atoms with Gasteiger partial charge in [-0.2, -0.15) is 0 Å². The van der Waals surface area contributed by atoms with Crippen LogP contribution in [-0.2, 0) is 19.1 Å². The zero-order chi connectivity index (χ0) is 20.6. The first-order chi connectivity index (χ1) is 14.0. The van der Waals surface area contributed by atoms with Crippen LogP contribution in [0.25, 0.3) is 0 Å². The normalized spacial score (nSPS) is 14.7. The highest BCUT2D eigenvalue weighted by Gasteiger charge is 2.30. The van der Waals surface area contributed by atoms with E-state index in [-0.39, 0.29) is 12.5 Å². The third-order valence-electron chi connectivity index (χ3n) is 4.40. The summed E-state index contributed by atoms with van der Waals surface area (Å²) in [6, 6.07) is 15.1. The number of esters is 1. The molecule has 8 heteroatoms. The Morgan fingerprint density at radius 1 is 1.03 bits per heavy atom. The Bertz CT molecular complexity index is 851. The van der Waals surface area contributed by atoms with Crippen molar-refractivity contribution in [3.8, 4) is 0 Å². The summed E-state index contributed by atoms with van der Waals surface area (Å²) in [7, 11) is 0. The second-order valence-corrected chi connectivity index (χ2v) is 6.84. The van der Waals surface area contributed by atoms with Gasteiger partial charge in [0, 0.05) is 29.2 Å². The molecule has 0 aromatic heterocycles. The van der Waals surface area contributed by atoms with Gasteiger partial charge in [-0.1, -0.05) is 41.9 Å². The van der Waals surface area contributed by atoms with Crippen LogP contribution < -0.4 is 5.32 Å². The molecule has 3 rings (SSSR count). The lowest BCUT2D eigenvalue weighted by atomic mass is 10.1. The van der Waals surface area contributed by atoms with E-state index in [4.69, 9.17) is 21.1 Å². The molecule has 1 aliphatic rings. The minimum Gasteiger partial charge on any atom is -0.446 e. The van der Waals surface area contributed by atoms with Gasteiger partial charge in [0.1, 0.15) is 6.54 Å². The number of carbonyl (C=O) groups excluding carboxylic acids is 3. The van der Waals surface area contributed by atoms with E-state index in [0.29, 0.717) is 42.5 Å². The summed E-state index contributed by atoms with van der Waals surface area (Å²) >= 11 is 5.80. The first-order valence-corrected chi connectivity index (χ1v) is 9.57. The van der Waals surface area contributed by atoms with E-state index in [2.05, 4.69) is 5.32 Å². The van der Waals surface area contributed by atoms with E-state index in [1.807, 2.05) is 6.07 Å². The maximum absolute atomic E-state index is 12.9. The molecule has 1 heterocycles. The zero-order valence-corrected chi connectivity index (χ0v) is 16.4. The van der Waals surface area contributed by atoms with Crippen LogP contribution in [0.4, 0.5) is 0 Å². The standard InChI is InChI=1S/C21H21ClN2O5/c22-17-8-6-16(7-9-17)20(26)23-14-18(25)29-19(15-4-2-1-3-5-15)21(27)24-10-12-28-13-11-24/h1-9,19H,10-14H2,(H,23,26)/t19-/m0/s1. The van der Waals surface area contributed by atoms with Crippen molar-refractivity contribution in [2.24, 2.45) is 0 Å². The number of carbonyl (C=O) groups is 3. The molecule has 2 aromatic carbocycles. The van der Waals surface area contributed by atoms with E-state index in [1.165, 1.54) is 0 Å². The average Bonchev–Trinajstić information content (AvgIpc) is 2.77. The van der Waals surface area contributed by atoms with Crippen LogP contribution in [0, 0.1) is 0 Å². The molecule has 2 aromatic rings. The van der Waals surface area contributed by atoms with Crippen molar-refractivity contribution in [3.63, 3.8) is 0 Å². The fourth-order valence-electron chi connectivity index (χ4n) is 2.87. The molecular formula is C21H21ClN2O5. The van der Waals surface area contributed by atoms with E-state index < -0.39 is 18.0 Å². The number of morpholine rings is 1. The van der Waals surface area contributed by atoms with Gasteiger partial charge in [0.05, 0.1) is 13.2 Å². The number of rotatable bonds is 6. The van der Waals surface area contributed by atoms with Gasteiger partial charge in [0.15, 0.2) is 0 Å². The summed E-state index contributed by atoms with van der Waals surface area (Å²) in [5.41, 5.74) is 0.938. The minimum atomic E-state index is -1.07. The van der Waals surface area contributed by atoms with Gasteiger partial charge in [0.2, 0.25) is 6.10 Å². The number of ether oxygens (including phenoxy) is 2. The smallest absolute Gasteiger partial charge is 0.326 e. The third-order valence-corrected chi connectivity index (χ3v) is 4.65. The van der Waals surface area contributed by atoms with Crippen molar-refractivity contribution in [1.82, 2.24) is 10.2 Å². The number of hydrogen-bond donors (Lipinski definition) is 1. The molecule has 152 valence electrons. The Morgan fingerprint density at radius 2 is 1.69 bits per heavy atom. The average molecular weight is 417 g/mol. The Labute approximate surface area is 173 Å². The molecule has 0 aliphatic carbocycles. The Hall–Kier alpha value is -2.90. The van der Waals surface area contributed by atoms with Crippen LogP contribution in [0.15, 0.2) is 54.6 Å². The summed E-state index contributed by atoms with van der Waals surface area (Å²) in [6.07, 6.45) is -1.07. The van der Waals surface area contributed by atoms with Crippen molar-refractivity contribution in [2.45, 2.75) is 6.10 Å². The number of amides is 2. The molecule has 0 radical (unpaired) electrons. The predicted octanol–water partition coefficient (Wildman–Crippen LogP) is 2.21. The summed E-state index contributed by atoms with van der Waals surface area (Å²) < 4.78 is 10.7. The molecule has 2 amide bonds. The topological polar surface area (TPSA) is 84.9 Å². The number of benzene rings is 2. The van der Waals surface area contributed by atoms with E-state index in [1.54, 1.807) is 53.4 Å². The summed E-state index contributed by atoms with van der Waals surface area (Å²) in [5, 5.41) is 3.00. The minimum absolute atomic E-state index is 0.308. The van der Waals surface area contributed by atoms with Crippen molar-refractivity contribution in [2.75, 3.05) is 32.8 Å². The molecule has 0 spiro atoms. The van der Waals surface area contributed by atoms with E-state index in [9.17, 15) is 14.4 Å².